The molecule has 0 radical (unpaired) electrons. The molecule has 1 aromatic rings. The fourth-order valence-electron chi connectivity index (χ4n) is 2.56. The largest absolute Gasteiger partial charge is 0.332 e. The Hall–Kier alpha value is -2.28. The van der Waals surface area contributed by atoms with E-state index in [9.17, 15) is 14.9 Å². The fourth-order valence-corrected chi connectivity index (χ4v) is 2.56. The van der Waals surface area contributed by atoms with Gasteiger partial charge in [0, 0.05) is 24.6 Å². The molecule has 1 fully saturated rings. The van der Waals surface area contributed by atoms with Crippen molar-refractivity contribution in [1.82, 2.24) is 5.43 Å². The molecule has 0 atom stereocenters. The summed E-state index contributed by atoms with van der Waals surface area (Å²) in [7, 11) is 0. The van der Waals surface area contributed by atoms with Gasteiger partial charge >= 0.3 is 0 Å². The molecule has 0 aliphatic carbocycles. The Bertz CT molecular complexity index is 588. The molecule has 0 bridgehead atoms. The standard InChI is InChI=1S/C15H20N4O3/c1-11(2)18-9-7-12(8-10-18)16-17-15(20)13-5-3-4-6-14(13)19(21)22/h3-6,11H,7-10H2,1-2H3,(H,17,20)/p+1. The molecule has 118 valence electrons. The van der Waals surface area contributed by atoms with E-state index in [0.29, 0.717) is 6.04 Å². The molecule has 0 saturated carbocycles. The highest BCUT2D eigenvalue weighted by atomic mass is 16.6. The topological polar surface area (TPSA) is 89.0 Å². The molecular weight excluding hydrogens is 284 g/mol. The van der Waals surface area contributed by atoms with Gasteiger partial charge in [-0.25, -0.2) is 5.43 Å². The van der Waals surface area contributed by atoms with E-state index in [2.05, 4.69) is 24.4 Å². The fraction of sp³-hybridized carbons (Fsp3) is 0.467. The summed E-state index contributed by atoms with van der Waals surface area (Å²) in [6.45, 7) is 6.37. The highest BCUT2D eigenvalue weighted by molar-refractivity contribution is 5.98. The van der Waals surface area contributed by atoms with Crippen LogP contribution in [0.2, 0.25) is 0 Å². The van der Waals surface area contributed by atoms with E-state index in [1.807, 2.05) is 0 Å². The third-order valence-corrected chi connectivity index (χ3v) is 3.95. The summed E-state index contributed by atoms with van der Waals surface area (Å²) in [6, 6.07) is 6.46. The normalized spacial score (nSPS) is 18.1. The van der Waals surface area contributed by atoms with Crippen molar-refractivity contribution in [3.8, 4) is 0 Å². The maximum Gasteiger partial charge on any atom is 0.282 e. The van der Waals surface area contributed by atoms with Crippen LogP contribution in [0.5, 0.6) is 0 Å². The lowest BCUT2D eigenvalue weighted by Crippen LogP contribution is -3.16. The number of quaternary nitrogens is 1. The van der Waals surface area contributed by atoms with E-state index in [1.54, 1.807) is 6.07 Å². The minimum atomic E-state index is -0.563. The first-order valence-electron chi connectivity index (χ1n) is 7.43. The van der Waals surface area contributed by atoms with E-state index in [1.165, 1.54) is 23.1 Å². The van der Waals surface area contributed by atoms with Crippen molar-refractivity contribution in [2.24, 2.45) is 5.10 Å². The number of hydrogen-bond donors (Lipinski definition) is 2. The smallest absolute Gasteiger partial charge is 0.282 e. The maximum absolute atomic E-state index is 12.1. The number of amides is 1. The number of likely N-dealkylation sites (tertiary alicyclic amines) is 1. The quantitative estimate of drug-likeness (QED) is 0.636. The number of hydrazone groups is 1. The first-order valence-corrected chi connectivity index (χ1v) is 7.43. The van der Waals surface area contributed by atoms with Gasteiger partial charge in [-0.15, -0.1) is 0 Å². The number of carbonyl (C=O) groups excluding carboxylic acids is 1. The molecule has 7 heteroatoms. The minimum Gasteiger partial charge on any atom is -0.332 e. The van der Waals surface area contributed by atoms with Gasteiger partial charge in [-0.3, -0.25) is 14.9 Å². The van der Waals surface area contributed by atoms with Crippen LogP contribution in [-0.2, 0) is 0 Å². The Kier molecular flexibility index (Phi) is 5.21. The molecule has 22 heavy (non-hydrogen) atoms. The third kappa shape index (κ3) is 3.88. The van der Waals surface area contributed by atoms with Crippen LogP contribution in [0.25, 0.3) is 0 Å². The lowest BCUT2D eigenvalue weighted by molar-refractivity contribution is -0.922. The van der Waals surface area contributed by atoms with Gasteiger partial charge in [0.15, 0.2) is 0 Å². The van der Waals surface area contributed by atoms with E-state index in [4.69, 9.17) is 0 Å². The van der Waals surface area contributed by atoms with Crippen LogP contribution in [0.15, 0.2) is 29.4 Å². The van der Waals surface area contributed by atoms with E-state index in [-0.39, 0.29) is 11.3 Å². The predicted molar refractivity (Wildman–Crippen MR) is 83.1 cm³/mol. The lowest BCUT2D eigenvalue weighted by Gasteiger charge is -2.27. The lowest BCUT2D eigenvalue weighted by atomic mass is 10.1. The molecule has 1 aliphatic rings. The molecule has 2 rings (SSSR count). The highest BCUT2D eigenvalue weighted by Crippen LogP contribution is 2.17. The van der Waals surface area contributed by atoms with Crippen molar-refractivity contribution < 1.29 is 14.6 Å². The molecule has 1 aromatic carbocycles. The molecule has 0 spiro atoms. The van der Waals surface area contributed by atoms with Crippen LogP contribution in [0.3, 0.4) is 0 Å². The van der Waals surface area contributed by atoms with Crippen LogP contribution in [0.1, 0.15) is 37.0 Å². The molecule has 2 N–H and O–H groups in total. The van der Waals surface area contributed by atoms with Crippen LogP contribution in [0, 0.1) is 10.1 Å². The summed E-state index contributed by atoms with van der Waals surface area (Å²) < 4.78 is 0. The van der Waals surface area contributed by atoms with Crippen molar-refractivity contribution in [2.75, 3.05) is 13.1 Å². The van der Waals surface area contributed by atoms with Gasteiger partial charge < -0.3 is 4.90 Å². The Morgan fingerprint density at radius 2 is 1.95 bits per heavy atom. The average Bonchev–Trinajstić information content (AvgIpc) is 2.53. The Morgan fingerprint density at radius 1 is 1.32 bits per heavy atom. The SMILES string of the molecule is CC(C)[NH+]1CCC(=NNC(=O)c2ccccc2[N+](=O)[O-])CC1. The van der Waals surface area contributed by atoms with Gasteiger partial charge in [-0.05, 0) is 19.9 Å². The zero-order chi connectivity index (χ0) is 16.1. The van der Waals surface area contributed by atoms with Crippen molar-refractivity contribution in [2.45, 2.75) is 32.7 Å². The number of para-hydroxylation sites is 1. The van der Waals surface area contributed by atoms with Crippen LogP contribution in [-0.4, -0.2) is 35.7 Å². The summed E-state index contributed by atoms with van der Waals surface area (Å²) in [6.07, 6.45) is 1.68. The highest BCUT2D eigenvalue weighted by Gasteiger charge is 2.22. The number of benzene rings is 1. The number of nitro groups is 1. The molecular formula is C15H21N4O3+. The Morgan fingerprint density at radius 3 is 2.55 bits per heavy atom. The third-order valence-electron chi connectivity index (χ3n) is 3.95. The van der Waals surface area contributed by atoms with Gasteiger partial charge in [0.2, 0.25) is 0 Å². The number of hydrogen-bond acceptors (Lipinski definition) is 4. The second kappa shape index (κ2) is 7.13. The van der Waals surface area contributed by atoms with Crippen LogP contribution >= 0.6 is 0 Å². The predicted octanol–water partition coefficient (Wildman–Crippen LogP) is 0.768. The number of nitrogens with zero attached hydrogens (tertiary/aromatic N) is 2. The molecule has 1 aliphatic heterocycles. The van der Waals surface area contributed by atoms with E-state index >= 15 is 0 Å². The monoisotopic (exact) mass is 305 g/mol. The van der Waals surface area contributed by atoms with Gasteiger partial charge in [0.05, 0.1) is 24.1 Å². The van der Waals surface area contributed by atoms with Crippen molar-refractivity contribution in [3.05, 3.63) is 39.9 Å². The van der Waals surface area contributed by atoms with Gasteiger partial charge in [-0.1, -0.05) is 12.1 Å². The number of piperidine rings is 1. The maximum atomic E-state index is 12.1. The van der Waals surface area contributed by atoms with Crippen molar-refractivity contribution >= 4 is 17.3 Å². The molecule has 1 heterocycles. The molecule has 1 amide bonds. The molecule has 0 unspecified atom stereocenters. The zero-order valence-electron chi connectivity index (χ0n) is 12.8. The second-order valence-corrected chi connectivity index (χ2v) is 5.71. The first kappa shape index (κ1) is 16.1. The molecule has 7 nitrogen and oxygen atoms in total. The Labute approximate surface area is 129 Å². The molecule has 0 aromatic heterocycles. The average molecular weight is 305 g/mol. The number of carbonyl (C=O) groups is 1. The van der Waals surface area contributed by atoms with E-state index in [0.717, 1.165) is 31.6 Å². The van der Waals surface area contributed by atoms with Gasteiger partial charge in [0.25, 0.3) is 11.6 Å². The molecule has 1 saturated heterocycles. The number of nitrogens with one attached hydrogen (secondary N) is 2. The minimum absolute atomic E-state index is 0.0297. The Balaban J connectivity index is 1.99. The summed E-state index contributed by atoms with van der Waals surface area (Å²) in [4.78, 5) is 23.9. The summed E-state index contributed by atoms with van der Waals surface area (Å²) >= 11 is 0. The zero-order valence-corrected chi connectivity index (χ0v) is 12.8. The summed E-state index contributed by atoms with van der Waals surface area (Å²) in [5, 5.41) is 15.1. The van der Waals surface area contributed by atoms with Crippen molar-refractivity contribution in [3.63, 3.8) is 0 Å². The van der Waals surface area contributed by atoms with Gasteiger partial charge in [0.1, 0.15) is 5.56 Å². The summed E-state index contributed by atoms with van der Waals surface area (Å²) in [5.41, 5.74) is 3.21. The van der Waals surface area contributed by atoms with Crippen molar-refractivity contribution in [1.29, 1.82) is 0 Å². The first-order chi connectivity index (χ1) is 10.5. The van der Waals surface area contributed by atoms with Crippen LogP contribution < -0.4 is 10.3 Å². The summed E-state index contributed by atoms with van der Waals surface area (Å²) in [5.74, 6) is -0.543. The van der Waals surface area contributed by atoms with Crippen LogP contribution in [0.4, 0.5) is 5.69 Å². The second-order valence-electron chi connectivity index (χ2n) is 5.71. The van der Waals surface area contributed by atoms with E-state index < -0.39 is 10.8 Å². The number of rotatable bonds is 4. The number of nitro benzene ring substituents is 1. The van der Waals surface area contributed by atoms with Gasteiger partial charge in [-0.2, -0.15) is 5.10 Å².